The van der Waals surface area contributed by atoms with Crippen LogP contribution in [0.1, 0.15) is 25.0 Å². The number of nitro groups is 1. The maximum absolute atomic E-state index is 11.0. The van der Waals surface area contributed by atoms with E-state index >= 15 is 0 Å². The van der Waals surface area contributed by atoms with Crippen LogP contribution in [-0.4, -0.2) is 24.8 Å². The standard InChI is InChI=1S/C20H20N2O4/c1-19(2)18-15(6-5-7-17(18)25-4)21(3)20(19)11-10-13-12-14(22(23)24)8-9-16(13)26-20/h5-12H,1-4H3. The van der Waals surface area contributed by atoms with Crippen LogP contribution in [0.25, 0.3) is 6.08 Å². The minimum Gasteiger partial charge on any atom is -0.496 e. The minimum absolute atomic E-state index is 0.0527. The zero-order chi connectivity index (χ0) is 18.7. The predicted octanol–water partition coefficient (Wildman–Crippen LogP) is 4.13. The van der Waals surface area contributed by atoms with E-state index in [-0.39, 0.29) is 5.69 Å². The van der Waals surface area contributed by atoms with Crippen molar-refractivity contribution in [2.75, 3.05) is 19.1 Å². The number of rotatable bonds is 2. The maximum Gasteiger partial charge on any atom is 0.270 e. The summed E-state index contributed by atoms with van der Waals surface area (Å²) in [5, 5.41) is 11.0. The molecule has 6 heteroatoms. The van der Waals surface area contributed by atoms with Gasteiger partial charge in [-0.25, -0.2) is 0 Å². The monoisotopic (exact) mass is 352 g/mol. The van der Waals surface area contributed by atoms with Crippen LogP contribution in [0.15, 0.2) is 42.5 Å². The van der Waals surface area contributed by atoms with Crippen molar-refractivity contribution in [3.05, 3.63) is 63.7 Å². The van der Waals surface area contributed by atoms with E-state index < -0.39 is 16.1 Å². The number of non-ortho nitro benzene ring substituents is 1. The second-order valence-corrected chi connectivity index (χ2v) is 7.15. The highest BCUT2D eigenvalue weighted by atomic mass is 16.6. The Labute approximate surface area is 151 Å². The van der Waals surface area contributed by atoms with Crippen LogP contribution in [0.3, 0.4) is 0 Å². The summed E-state index contributed by atoms with van der Waals surface area (Å²) < 4.78 is 12.1. The van der Waals surface area contributed by atoms with E-state index in [4.69, 9.17) is 9.47 Å². The molecule has 0 amide bonds. The molecule has 0 saturated heterocycles. The van der Waals surface area contributed by atoms with Gasteiger partial charge in [0.15, 0.2) is 0 Å². The van der Waals surface area contributed by atoms with E-state index in [1.807, 2.05) is 31.3 Å². The third kappa shape index (κ3) is 1.92. The predicted molar refractivity (Wildman–Crippen MR) is 99.9 cm³/mol. The molecule has 1 spiro atoms. The number of anilines is 1. The Kier molecular flexibility index (Phi) is 3.31. The number of hydrogen-bond donors (Lipinski definition) is 0. The molecule has 0 fully saturated rings. The first-order valence-corrected chi connectivity index (χ1v) is 8.40. The number of fused-ring (bicyclic) bond motifs is 2. The zero-order valence-corrected chi connectivity index (χ0v) is 15.1. The van der Waals surface area contributed by atoms with Crippen LogP contribution in [-0.2, 0) is 5.41 Å². The Morgan fingerprint density at radius 2 is 2.00 bits per heavy atom. The van der Waals surface area contributed by atoms with E-state index in [1.165, 1.54) is 12.1 Å². The summed E-state index contributed by atoms with van der Waals surface area (Å²) in [4.78, 5) is 12.7. The van der Waals surface area contributed by atoms with Crippen molar-refractivity contribution in [2.24, 2.45) is 0 Å². The fraction of sp³-hybridized carbons (Fsp3) is 0.300. The second kappa shape index (κ2) is 5.24. The summed E-state index contributed by atoms with van der Waals surface area (Å²) in [6.45, 7) is 4.25. The lowest BCUT2D eigenvalue weighted by Gasteiger charge is -2.45. The van der Waals surface area contributed by atoms with E-state index in [2.05, 4.69) is 24.8 Å². The van der Waals surface area contributed by atoms with Gasteiger partial charge in [-0.15, -0.1) is 0 Å². The largest absolute Gasteiger partial charge is 0.496 e. The molecule has 0 radical (unpaired) electrons. The molecule has 0 saturated carbocycles. The summed E-state index contributed by atoms with van der Waals surface area (Å²) >= 11 is 0. The van der Waals surface area contributed by atoms with Crippen LogP contribution in [0, 0.1) is 10.1 Å². The molecule has 2 aliphatic heterocycles. The number of methoxy groups -OCH3 is 1. The lowest BCUT2D eigenvalue weighted by molar-refractivity contribution is -0.384. The molecule has 1 atom stereocenters. The van der Waals surface area contributed by atoms with Crippen LogP contribution in [0.2, 0.25) is 0 Å². The quantitative estimate of drug-likeness (QED) is 0.600. The Morgan fingerprint density at radius 1 is 1.23 bits per heavy atom. The van der Waals surface area contributed by atoms with Gasteiger partial charge in [0.1, 0.15) is 11.5 Å². The highest BCUT2D eigenvalue weighted by Crippen LogP contribution is 2.56. The number of nitro benzene ring substituents is 1. The second-order valence-electron chi connectivity index (χ2n) is 7.15. The van der Waals surface area contributed by atoms with Gasteiger partial charge in [0.05, 0.1) is 17.4 Å². The summed E-state index contributed by atoms with van der Waals surface area (Å²) in [5.41, 5.74) is 1.74. The first-order valence-electron chi connectivity index (χ1n) is 8.40. The lowest BCUT2D eigenvalue weighted by atomic mass is 9.76. The first-order chi connectivity index (χ1) is 12.3. The molecule has 0 aliphatic carbocycles. The van der Waals surface area contributed by atoms with Gasteiger partial charge in [0, 0.05) is 36.0 Å². The van der Waals surface area contributed by atoms with Crippen molar-refractivity contribution >= 4 is 17.5 Å². The van der Waals surface area contributed by atoms with Crippen LogP contribution in [0.5, 0.6) is 11.5 Å². The summed E-state index contributed by atoms with van der Waals surface area (Å²) in [6.07, 6.45) is 3.89. The molecule has 6 nitrogen and oxygen atoms in total. The normalized spacial score (nSPS) is 21.9. The number of hydrogen-bond acceptors (Lipinski definition) is 5. The van der Waals surface area contributed by atoms with Gasteiger partial charge >= 0.3 is 0 Å². The summed E-state index contributed by atoms with van der Waals surface area (Å²) in [5.74, 6) is 1.45. The molecule has 4 rings (SSSR count). The maximum atomic E-state index is 11.0. The number of ether oxygens (including phenoxy) is 2. The topological polar surface area (TPSA) is 64.8 Å². The van der Waals surface area contributed by atoms with E-state index in [1.54, 1.807) is 13.2 Å². The smallest absolute Gasteiger partial charge is 0.270 e. The SMILES string of the molecule is COc1cccc2c1C(C)(C)C1(C=Cc3cc([N+](=O)[O-])ccc3O1)N2C. The summed E-state index contributed by atoms with van der Waals surface area (Å²) in [6, 6.07) is 10.7. The Hall–Kier alpha value is -3.02. The van der Waals surface area contributed by atoms with Gasteiger partial charge in [-0.05, 0) is 44.2 Å². The van der Waals surface area contributed by atoms with E-state index in [9.17, 15) is 10.1 Å². The van der Waals surface area contributed by atoms with Gasteiger partial charge in [-0.1, -0.05) is 6.07 Å². The average Bonchev–Trinajstić information content (AvgIpc) is 2.80. The number of likely N-dealkylation sites (N-methyl/N-ethyl adjacent to an activating group) is 1. The van der Waals surface area contributed by atoms with Crippen LogP contribution < -0.4 is 14.4 Å². The molecule has 2 heterocycles. The molecule has 2 aromatic rings. The highest BCUT2D eigenvalue weighted by Gasteiger charge is 2.58. The van der Waals surface area contributed by atoms with E-state index in [0.717, 1.165) is 17.0 Å². The van der Waals surface area contributed by atoms with Crippen molar-refractivity contribution in [3.63, 3.8) is 0 Å². The Bertz CT molecular complexity index is 951. The van der Waals surface area contributed by atoms with Crippen LogP contribution >= 0.6 is 0 Å². The van der Waals surface area contributed by atoms with Gasteiger partial charge < -0.3 is 14.4 Å². The van der Waals surface area contributed by atoms with Crippen molar-refractivity contribution in [1.29, 1.82) is 0 Å². The molecule has 1 unspecified atom stereocenters. The fourth-order valence-corrected chi connectivity index (χ4v) is 4.17. The van der Waals surface area contributed by atoms with Crippen molar-refractivity contribution in [1.82, 2.24) is 0 Å². The molecule has 26 heavy (non-hydrogen) atoms. The van der Waals surface area contributed by atoms with Crippen LogP contribution in [0.4, 0.5) is 11.4 Å². The lowest BCUT2D eigenvalue weighted by Crippen LogP contribution is -2.58. The van der Waals surface area contributed by atoms with Gasteiger partial charge in [-0.2, -0.15) is 0 Å². The Morgan fingerprint density at radius 3 is 2.69 bits per heavy atom. The molecule has 134 valence electrons. The van der Waals surface area contributed by atoms with Crippen molar-refractivity contribution in [3.8, 4) is 11.5 Å². The summed E-state index contributed by atoms with van der Waals surface area (Å²) in [7, 11) is 3.66. The fourth-order valence-electron chi connectivity index (χ4n) is 4.17. The molecule has 0 aromatic heterocycles. The number of nitrogens with zero attached hydrogens (tertiary/aromatic N) is 2. The van der Waals surface area contributed by atoms with Crippen molar-refractivity contribution < 1.29 is 14.4 Å². The molecule has 2 aromatic carbocycles. The first kappa shape index (κ1) is 16.4. The van der Waals surface area contributed by atoms with Gasteiger partial charge in [0.2, 0.25) is 5.72 Å². The Balaban J connectivity index is 1.86. The molecular formula is C20H20N2O4. The number of benzene rings is 2. The third-order valence-corrected chi connectivity index (χ3v) is 5.56. The van der Waals surface area contributed by atoms with Gasteiger partial charge in [-0.3, -0.25) is 10.1 Å². The van der Waals surface area contributed by atoms with Gasteiger partial charge in [0.25, 0.3) is 5.69 Å². The zero-order valence-electron chi connectivity index (χ0n) is 15.1. The van der Waals surface area contributed by atoms with E-state index in [0.29, 0.717) is 11.3 Å². The molecule has 2 aliphatic rings. The van der Waals surface area contributed by atoms with Crippen molar-refractivity contribution in [2.45, 2.75) is 25.0 Å². The highest BCUT2D eigenvalue weighted by molar-refractivity contribution is 5.75. The molecule has 0 N–H and O–H groups in total. The minimum atomic E-state index is -0.743. The molecule has 0 bridgehead atoms. The third-order valence-electron chi connectivity index (χ3n) is 5.56. The average molecular weight is 352 g/mol. The molecular weight excluding hydrogens is 332 g/mol.